The molecule has 2 aromatic carbocycles. The largest absolute Gasteiger partial charge is 0.369 e. The molecule has 25 heavy (non-hydrogen) atoms. The molecule has 0 radical (unpaired) electrons. The van der Waals surface area contributed by atoms with Crippen LogP contribution in [0.15, 0.2) is 60.8 Å². The van der Waals surface area contributed by atoms with Crippen molar-refractivity contribution in [1.29, 1.82) is 0 Å². The molecule has 0 amide bonds. The summed E-state index contributed by atoms with van der Waals surface area (Å²) < 4.78 is 0. The van der Waals surface area contributed by atoms with Crippen LogP contribution in [0.2, 0.25) is 0 Å². The zero-order valence-corrected chi connectivity index (χ0v) is 14.4. The van der Waals surface area contributed by atoms with Gasteiger partial charge in [0.05, 0.1) is 6.20 Å². The molecular formula is C20H23N5. The van der Waals surface area contributed by atoms with E-state index in [2.05, 4.69) is 69.1 Å². The van der Waals surface area contributed by atoms with E-state index in [0.717, 1.165) is 25.2 Å². The summed E-state index contributed by atoms with van der Waals surface area (Å²) in [5, 5.41) is 14.6. The zero-order valence-electron chi connectivity index (χ0n) is 14.4. The van der Waals surface area contributed by atoms with Crippen molar-refractivity contribution in [3.8, 4) is 0 Å². The molecule has 2 N–H and O–H groups in total. The highest BCUT2D eigenvalue weighted by molar-refractivity contribution is 5.38. The van der Waals surface area contributed by atoms with Crippen LogP contribution in [0.1, 0.15) is 23.1 Å². The lowest BCUT2D eigenvalue weighted by molar-refractivity contribution is 0.851. The molecule has 5 nitrogen and oxygen atoms in total. The summed E-state index contributed by atoms with van der Waals surface area (Å²) in [4.78, 5) is 4.47. The van der Waals surface area contributed by atoms with E-state index in [9.17, 15) is 0 Å². The number of hydrogen-bond acceptors (Lipinski definition) is 5. The van der Waals surface area contributed by atoms with E-state index in [1.807, 2.05) is 18.2 Å². The first-order valence-electron chi connectivity index (χ1n) is 8.57. The van der Waals surface area contributed by atoms with E-state index in [1.54, 1.807) is 6.20 Å². The van der Waals surface area contributed by atoms with E-state index in [-0.39, 0.29) is 0 Å². The van der Waals surface area contributed by atoms with Crippen LogP contribution in [0.5, 0.6) is 0 Å². The highest BCUT2D eigenvalue weighted by atomic mass is 15.3. The summed E-state index contributed by atoms with van der Waals surface area (Å²) in [5.41, 5.74) is 3.83. The predicted molar refractivity (Wildman–Crippen MR) is 102 cm³/mol. The standard InChI is InChI=1S/C20H23N5/c1-16-8-5-6-12-18(16)14-22-20-24-19(15-23-25-20)21-13-7-11-17-9-3-2-4-10-17/h2-6,8-10,12,15H,7,11,13-14H2,1H3,(H2,21,22,24,25). The van der Waals surface area contributed by atoms with Crippen molar-refractivity contribution in [2.45, 2.75) is 26.3 Å². The summed E-state index contributed by atoms with van der Waals surface area (Å²) in [5.74, 6) is 1.28. The van der Waals surface area contributed by atoms with Gasteiger partial charge < -0.3 is 10.6 Å². The minimum absolute atomic E-state index is 0.538. The first-order chi connectivity index (χ1) is 12.3. The smallest absolute Gasteiger partial charge is 0.244 e. The molecule has 3 rings (SSSR count). The second kappa shape index (κ2) is 8.78. The van der Waals surface area contributed by atoms with Gasteiger partial charge in [-0.05, 0) is 36.5 Å². The molecule has 0 aliphatic rings. The Morgan fingerprint density at radius 2 is 1.72 bits per heavy atom. The van der Waals surface area contributed by atoms with Gasteiger partial charge in [0, 0.05) is 13.1 Å². The minimum Gasteiger partial charge on any atom is -0.369 e. The molecule has 0 aliphatic heterocycles. The summed E-state index contributed by atoms with van der Waals surface area (Å²) in [7, 11) is 0. The molecule has 128 valence electrons. The molecule has 5 heteroatoms. The van der Waals surface area contributed by atoms with Crippen LogP contribution >= 0.6 is 0 Å². The number of nitrogens with zero attached hydrogens (tertiary/aromatic N) is 3. The van der Waals surface area contributed by atoms with Gasteiger partial charge >= 0.3 is 0 Å². The van der Waals surface area contributed by atoms with Gasteiger partial charge in [-0.3, -0.25) is 0 Å². The van der Waals surface area contributed by atoms with Gasteiger partial charge in [-0.15, -0.1) is 5.10 Å². The molecule has 0 spiro atoms. The molecular weight excluding hydrogens is 310 g/mol. The number of benzene rings is 2. The average molecular weight is 333 g/mol. The molecule has 0 atom stereocenters. The number of nitrogens with one attached hydrogen (secondary N) is 2. The number of hydrogen-bond donors (Lipinski definition) is 2. The second-order valence-corrected chi connectivity index (χ2v) is 5.96. The van der Waals surface area contributed by atoms with Crippen molar-refractivity contribution >= 4 is 11.8 Å². The van der Waals surface area contributed by atoms with E-state index < -0.39 is 0 Å². The minimum atomic E-state index is 0.538. The molecule has 0 bridgehead atoms. The number of anilines is 2. The summed E-state index contributed by atoms with van der Waals surface area (Å²) in [6.07, 6.45) is 3.74. The lowest BCUT2D eigenvalue weighted by Gasteiger charge is -2.09. The maximum absolute atomic E-state index is 4.47. The van der Waals surface area contributed by atoms with Gasteiger partial charge in [-0.25, -0.2) is 0 Å². The Morgan fingerprint density at radius 1 is 0.920 bits per heavy atom. The molecule has 0 saturated heterocycles. The lowest BCUT2D eigenvalue weighted by Crippen LogP contribution is -2.09. The summed E-state index contributed by atoms with van der Waals surface area (Å²) in [6.45, 7) is 3.64. The Bertz CT molecular complexity index is 789. The summed E-state index contributed by atoms with van der Waals surface area (Å²) in [6, 6.07) is 18.8. The van der Waals surface area contributed by atoms with Crippen LogP contribution in [0.3, 0.4) is 0 Å². The van der Waals surface area contributed by atoms with E-state index >= 15 is 0 Å². The summed E-state index contributed by atoms with van der Waals surface area (Å²) >= 11 is 0. The Hall–Kier alpha value is -2.95. The third-order valence-electron chi connectivity index (χ3n) is 4.05. The van der Waals surface area contributed by atoms with Crippen LogP contribution in [-0.2, 0) is 13.0 Å². The highest BCUT2D eigenvalue weighted by Crippen LogP contribution is 2.10. The van der Waals surface area contributed by atoms with E-state index in [0.29, 0.717) is 12.5 Å². The first-order valence-corrected chi connectivity index (χ1v) is 8.57. The Kier molecular flexibility index (Phi) is 5.93. The molecule has 1 heterocycles. The number of aryl methyl sites for hydroxylation is 2. The molecule has 0 unspecified atom stereocenters. The average Bonchev–Trinajstić information content (AvgIpc) is 2.66. The molecule has 0 saturated carbocycles. The predicted octanol–water partition coefficient (Wildman–Crippen LogP) is 3.84. The van der Waals surface area contributed by atoms with Gasteiger partial charge in [0.2, 0.25) is 5.95 Å². The monoisotopic (exact) mass is 333 g/mol. The van der Waals surface area contributed by atoms with Crippen LogP contribution in [-0.4, -0.2) is 21.7 Å². The third kappa shape index (κ3) is 5.28. The molecule has 0 fully saturated rings. The topological polar surface area (TPSA) is 62.7 Å². The van der Waals surface area contributed by atoms with Gasteiger partial charge in [-0.2, -0.15) is 10.1 Å². The fraction of sp³-hybridized carbons (Fsp3) is 0.250. The van der Waals surface area contributed by atoms with Crippen molar-refractivity contribution in [3.05, 3.63) is 77.5 Å². The first kappa shape index (κ1) is 16.9. The second-order valence-electron chi connectivity index (χ2n) is 5.96. The van der Waals surface area contributed by atoms with Crippen molar-refractivity contribution < 1.29 is 0 Å². The van der Waals surface area contributed by atoms with Gasteiger partial charge in [0.25, 0.3) is 0 Å². The van der Waals surface area contributed by atoms with Crippen molar-refractivity contribution in [2.75, 3.05) is 17.2 Å². The number of rotatable bonds is 8. The van der Waals surface area contributed by atoms with Crippen LogP contribution in [0.25, 0.3) is 0 Å². The van der Waals surface area contributed by atoms with E-state index in [4.69, 9.17) is 0 Å². The quantitative estimate of drug-likeness (QED) is 0.613. The molecule has 1 aromatic heterocycles. The Labute approximate surface area is 148 Å². The third-order valence-corrected chi connectivity index (χ3v) is 4.05. The normalized spacial score (nSPS) is 10.4. The van der Waals surface area contributed by atoms with E-state index in [1.165, 1.54) is 16.7 Å². The fourth-order valence-corrected chi connectivity index (χ4v) is 2.60. The van der Waals surface area contributed by atoms with Gasteiger partial charge in [-0.1, -0.05) is 54.6 Å². The maximum Gasteiger partial charge on any atom is 0.244 e. The molecule has 0 aliphatic carbocycles. The lowest BCUT2D eigenvalue weighted by atomic mass is 10.1. The van der Waals surface area contributed by atoms with Gasteiger partial charge in [0.1, 0.15) is 5.82 Å². The number of aromatic nitrogens is 3. The highest BCUT2D eigenvalue weighted by Gasteiger charge is 2.02. The van der Waals surface area contributed by atoms with Crippen LogP contribution in [0.4, 0.5) is 11.8 Å². The maximum atomic E-state index is 4.47. The zero-order chi connectivity index (χ0) is 17.3. The Balaban J connectivity index is 1.47. The van der Waals surface area contributed by atoms with Crippen LogP contribution < -0.4 is 10.6 Å². The van der Waals surface area contributed by atoms with Gasteiger partial charge in [0.15, 0.2) is 0 Å². The fourth-order valence-electron chi connectivity index (χ4n) is 2.60. The Morgan fingerprint density at radius 3 is 2.56 bits per heavy atom. The van der Waals surface area contributed by atoms with Crippen LogP contribution in [0, 0.1) is 6.92 Å². The van der Waals surface area contributed by atoms with Crippen molar-refractivity contribution in [1.82, 2.24) is 15.2 Å². The molecule has 3 aromatic rings. The van der Waals surface area contributed by atoms with Crippen molar-refractivity contribution in [3.63, 3.8) is 0 Å². The SMILES string of the molecule is Cc1ccccc1CNc1nncc(NCCCc2ccccc2)n1. The van der Waals surface area contributed by atoms with Crippen molar-refractivity contribution in [2.24, 2.45) is 0 Å².